The molecule has 0 saturated carbocycles. The van der Waals surface area contributed by atoms with Gasteiger partial charge in [0.1, 0.15) is 30.5 Å². The zero-order valence-electron chi connectivity index (χ0n) is 33.9. The normalized spacial score (nSPS) is 20.8. The van der Waals surface area contributed by atoms with E-state index in [0.29, 0.717) is 23.4 Å². The molecule has 1 aliphatic heterocycles. The Hall–Kier alpha value is -3.63. The smallest absolute Gasteiger partial charge is 0.472 e. The first kappa shape index (κ1) is 47.1. The maximum Gasteiger partial charge on any atom is 0.472 e. The number of phosphoric acid groups is 1. The third kappa shape index (κ3) is 13.4. The van der Waals surface area contributed by atoms with Crippen molar-refractivity contribution >= 4 is 24.7 Å². The summed E-state index contributed by atoms with van der Waals surface area (Å²) in [6, 6.07) is 8.93. The number of nitrogens with zero attached hydrogens (tertiary/aromatic N) is 4. The van der Waals surface area contributed by atoms with Crippen molar-refractivity contribution in [1.82, 2.24) is 9.61 Å². The average Bonchev–Trinajstić information content (AvgIpc) is 3.76. The summed E-state index contributed by atoms with van der Waals surface area (Å²) in [6.07, 6.45) is 15.3. The number of hydrogen-bond donors (Lipinski definition) is 4. The van der Waals surface area contributed by atoms with Gasteiger partial charge in [0.05, 0.1) is 43.3 Å². The number of halogens is 1. The van der Waals surface area contributed by atoms with E-state index < -0.39 is 56.9 Å². The van der Waals surface area contributed by atoms with Gasteiger partial charge in [0.2, 0.25) is 5.60 Å². The van der Waals surface area contributed by atoms with Gasteiger partial charge in [-0.25, -0.2) is 18.3 Å². The molecule has 0 radical (unpaired) electrons. The predicted molar refractivity (Wildman–Crippen MR) is 218 cm³/mol. The van der Waals surface area contributed by atoms with Gasteiger partial charge in [0.25, 0.3) is 0 Å². The van der Waals surface area contributed by atoms with Crippen molar-refractivity contribution in [3.05, 3.63) is 65.0 Å². The fraction of sp³-hybridized carbons (Fsp3) is 0.643. The highest BCUT2D eigenvalue weighted by Gasteiger charge is 2.58. The van der Waals surface area contributed by atoms with Crippen molar-refractivity contribution in [2.45, 2.75) is 147 Å². The molecule has 4 rings (SSSR count). The summed E-state index contributed by atoms with van der Waals surface area (Å²) < 4.78 is 57.1. The first-order chi connectivity index (χ1) is 28.0. The van der Waals surface area contributed by atoms with E-state index in [-0.39, 0.29) is 23.7 Å². The molecule has 2 aromatic heterocycles. The van der Waals surface area contributed by atoms with E-state index in [1.54, 1.807) is 19.1 Å². The van der Waals surface area contributed by atoms with Gasteiger partial charge in [-0.3, -0.25) is 9.05 Å². The first-order valence-electron chi connectivity index (χ1n) is 20.7. The van der Waals surface area contributed by atoms with Crippen LogP contribution in [-0.4, -0.2) is 75.6 Å². The Morgan fingerprint density at radius 1 is 1.00 bits per heavy atom. The van der Waals surface area contributed by atoms with Crippen LogP contribution in [0.4, 0.5) is 15.8 Å². The van der Waals surface area contributed by atoms with Gasteiger partial charge >= 0.3 is 7.82 Å². The summed E-state index contributed by atoms with van der Waals surface area (Å²) in [5.74, 6) is -0.972. The van der Waals surface area contributed by atoms with Crippen molar-refractivity contribution in [2.75, 3.05) is 32.2 Å². The lowest BCUT2D eigenvalue weighted by Crippen LogP contribution is -2.41. The molecular formula is C42H61FN5O9P. The lowest BCUT2D eigenvalue weighted by molar-refractivity contribution is -0.0652. The van der Waals surface area contributed by atoms with Crippen molar-refractivity contribution in [1.29, 1.82) is 5.26 Å². The van der Waals surface area contributed by atoms with Crippen LogP contribution in [0.15, 0.2) is 36.5 Å². The number of ether oxygens (including phenoxy) is 3. The van der Waals surface area contributed by atoms with Gasteiger partial charge in [-0.15, -0.1) is 0 Å². The summed E-state index contributed by atoms with van der Waals surface area (Å²) in [4.78, 5) is 13.9. The van der Waals surface area contributed by atoms with Gasteiger partial charge in [-0.2, -0.15) is 10.4 Å². The molecule has 1 unspecified atom stereocenters. The average molecular weight is 830 g/mol. The number of rotatable bonds is 28. The predicted octanol–water partition coefficient (Wildman–Crippen LogP) is 8.61. The standard InChI is InChI=1S/C42H61FN5O9P/c1-4-5-6-7-8-9-10-11-12-13-14-15-16-17-18-19-24-53-27-32(56-37-25-31(2)35(46-3)26-33(37)43)28-54-58(51,52)55-29-38-40(49)41(50)42(30-44,57-38)39-21-20-36-34(45)22-23-47-48(36)39/h20-23,25-26,32,38,40-41,49-50H,4-19,24,27-29,45H2,1-2H3,(H,51,52)/t32-,38-,40-,41-,42+/m1/s1. The van der Waals surface area contributed by atoms with E-state index in [4.69, 9.17) is 35.6 Å². The molecule has 0 spiro atoms. The maximum absolute atomic E-state index is 14.9. The van der Waals surface area contributed by atoms with Crippen LogP contribution < -0.4 is 10.5 Å². The number of aromatic nitrogens is 2. The minimum atomic E-state index is -4.88. The highest BCUT2D eigenvalue weighted by Crippen LogP contribution is 2.46. The van der Waals surface area contributed by atoms with Crippen LogP contribution in [0.25, 0.3) is 10.4 Å². The van der Waals surface area contributed by atoms with E-state index in [1.165, 1.54) is 99.9 Å². The molecule has 320 valence electrons. The highest BCUT2D eigenvalue weighted by atomic mass is 31.2. The molecular weight excluding hydrogens is 768 g/mol. The minimum absolute atomic E-state index is 0.0845. The quantitative estimate of drug-likeness (QED) is 0.0310. The number of unbranched alkanes of at least 4 members (excludes halogenated alkanes) is 15. The van der Waals surface area contributed by atoms with Crippen LogP contribution in [0.5, 0.6) is 5.75 Å². The number of benzene rings is 1. The number of aliphatic hydroxyl groups is 2. The molecule has 0 amide bonds. The number of hydrogen-bond acceptors (Lipinski definition) is 11. The fourth-order valence-corrected chi connectivity index (χ4v) is 7.90. The van der Waals surface area contributed by atoms with Crippen molar-refractivity contribution in [3.8, 4) is 11.8 Å². The number of aliphatic hydroxyl groups excluding tert-OH is 2. The number of nitriles is 1. The van der Waals surface area contributed by atoms with Crippen LogP contribution in [-0.2, 0) is 28.7 Å². The van der Waals surface area contributed by atoms with E-state index >= 15 is 0 Å². The van der Waals surface area contributed by atoms with Crippen LogP contribution in [0.2, 0.25) is 0 Å². The monoisotopic (exact) mass is 829 g/mol. The molecule has 1 aliphatic rings. The Bertz CT molecular complexity index is 1850. The molecule has 58 heavy (non-hydrogen) atoms. The number of aryl methyl sites for hydroxylation is 1. The second-order valence-corrected chi connectivity index (χ2v) is 16.6. The Morgan fingerprint density at radius 3 is 2.22 bits per heavy atom. The molecule has 0 bridgehead atoms. The van der Waals surface area contributed by atoms with Gasteiger partial charge in [-0.1, -0.05) is 103 Å². The molecule has 0 aliphatic carbocycles. The second-order valence-electron chi connectivity index (χ2n) is 15.1. The number of anilines is 1. The fourth-order valence-electron chi connectivity index (χ4n) is 7.14. The summed E-state index contributed by atoms with van der Waals surface area (Å²) in [5, 5.41) is 36.1. The number of phosphoric ester groups is 1. The van der Waals surface area contributed by atoms with Gasteiger partial charge < -0.3 is 35.1 Å². The van der Waals surface area contributed by atoms with Crippen molar-refractivity contribution in [3.63, 3.8) is 0 Å². The Labute approximate surface area is 341 Å². The SMILES string of the molecule is [C-]#[N+]c1cc(F)c(O[C@H](COCCCCCCCCCCCCCCCCCC)COP(=O)(O)OC[C@H]2O[C@@](C#N)(c3ccc4c(N)ccnn34)[C@H](O)[C@@H]2O)cc1C. The summed E-state index contributed by atoms with van der Waals surface area (Å²) in [5.41, 5.74) is 5.38. The van der Waals surface area contributed by atoms with Gasteiger partial charge in [-0.05, 0) is 49.2 Å². The molecule has 1 saturated heterocycles. The molecule has 3 aromatic rings. The van der Waals surface area contributed by atoms with E-state index in [9.17, 15) is 29.3 Å². The Kier molecular flexibility index (Phi) is 19.3. The molecule has 3 heterocycles. The van der Waals surface area contributed by atoms with Crippen LogP contribution in [0.1, 0.15) is 121 Å². The zero-order valence-corrected chi connectivity index (χ0v) is 34.8. The van der Waals surface area contributed by atoms with E-state index in [2.05, 4.69) is 16.9 Å². The topological polar surface area (TPSA) is 195 Å². The summed E-state index contributed by atoms with van der Waals surface area (Å²) in [7, 11) is -4.88. The molecule has 1 fully saturated rings. The lowest BCUT2D eigenvalue weighted by atomic mass is 9.92. The second kappa shape index (κ2) is 23.8. The minimum Gasteiger partial charge on any atom is -0.483 e. The first-order valence-corrected chi connectivity index (χ1v) is 22.2. The molecule has 16 heteroatoms. The van der Waals surface area contributed by atoms with E-state index in [0.717, 1.165) is 31.7 Å². The molecule has 5 N–H and O–H groups in total. The Balaban J connectivity index is 1.22. The Morgan fingerprint density at radius 2 is 1.62 bits per heavy atom. The van der Waals surface area contributed by atoms with Crippen molar-refractivity contribution in [2.24, 2.45) is 0 Å². The van der Waals surface area contributed by atoms with E-state index in [1.807, 2.05) is 6.07 Å². The van der Waals surface area contributed by atoms with Crippen molar-refractivity contribution < 1.29 is 47.3 Å². The van der Waals surface area contributed by atoms with Crippen LogP contribution in [0, 0.1) is 30.6 Å². The molecule has 1 aromatic carbocycles. The lowest BCUT2D eigenvalue weighted by Gasteiger charge is -2.24. The van der Waals surface area contributed by atoms with Gasteiger partial charge in [0.15, 0.2) is 17.3 Å². The summed E-state index contributed by atoms with van der Waals surface area (Å²) in [6.45, 7) is 10.1. The summed E-state index contributed by atoms with van der Waals surface area (Å²) >= 11 is 0. The molecule has 6 atom stereocenters. The highest BCUT2D eigenvalue weighted by molar-refractivity contribution is 7.47. The van der Waals surface area contributed by atoms with Crippen LogP contribution >= 0.6 is 7.82 Å². The number of fused-ring (bicyclic) bond motifs is 1. The number of nitrogens with two attached hydrogens (primary N) is 1. The zero-order chi connectivity index (χ0) is 42.0. The molecule has 14 nitrogen and oxygen atoms in total. The number of nitrogen functional groups attached to an aromatic ring is 1. The largest absolute Gasteiger partial charge is 0.483 e. The maximum atomic E-state index is 14.9. The van der Waals surface area contributed by atoms with Gasteiger partial charge in [0, 0.05) is 12.8 Å². The third-order valence-electron chi connectivity index (χ3n) is 10.5. The third-order valence-corrected chi connectivity index (χ3v) is 11.5. The van der Waals surface area contributed by atoms with Crippen LogP contribution in [0.3, 0.4) is 0 Å².